The lowest BCUT2D eigenvalue weighted by molar-refractivity contribution is -0.132. The molecule has 2 aromatic carbocycles. The van der Waals surface area contributed by atoms with Crippen molar-refractivity contribution in [1.82, 2.24) is 5.43 Å². The Bertz CT molecular complexity index is 888. The average molecular weight is 405 g/mol. The first-order chi connectivity index (χ1) is 13.3. The van der Waals surface area contributed by atoms with E-state index in [-0.39, 0.29) is 6.61 Å². The summed E-state index contributed by atoms with van der Waals surface area (Å²) in [6, 6.07) is 8.42. The number of methoxy groups -OCH3 is 1. The Morgan fingerprint density at radius 3 is 2.43 bits per heavy atom. The number of nitrogens with one attached hydrogen (secondary N) is 1. The van der Waals surface area contributed by atoms with Gasteiger partial charge in [-0.1, -0.05) is 11.6 Å². The van der Waals surface area contributed by atoms with E-state index in [2.05, 4.69) is 10.5 Å². The zero-order chi connectivity index (χ0) is 20.7. The molecular formula is C20H21ClN2O5. The van der Waals surface area contributed by atoms with E-state index in [1.54, 1.807) is 30.3 Å². The van der Waals surface area contributed by atoms with E-state index in [9.17, 15) is 9.59 Å². The van der Waals surface area contributed by atoms with E-state index >= 15 is 0 Å². The van der Waals surface area contributed by atoms with Crippen LogP contribution in [0.1, 0.15) is 23.6 Å². The van der Waals surface area contributed by atoms with Crippen LogP contribution in [0, 0.1) is 13.8 Å². The number of hydrogen-bond acceptors (Lipinski definition) is 6. The van der Waals surface area contributed by atoms with Crippen molar-refractivity contribution in [1.29, 1.82) is 0 Å². The second kappa shape index (κ2) is 9.75. The molecule has 0 aliphatic rings. The zero-order valence-electron chi connectivity index (χ0n) is 16.0. The molecule has 2 aromatic rings. The molecule has 0 saturated heterocycles. The molecular weight excluding hydrogens is 384 g/mol. The molecule has 0 bridgehead atoms. The summed E-state index contributed by atoms with van der Waals surface area (Å²) >= 11 is 6.11. The topological polar surface area (TPSA) is 86.2 Å². The highest BCUT2D eigenvalue weighted by atomic mass is 35.5. The molecule has 28 heavy (non-hydrogen) atoms. The van der Waals surface area contributed by atoms with E-state index < -0.39 is 11.9 Å². The van der Waals surface area contributed by atoms with Crippen LogP contribution >= 0.6 is 11.6 Å². The summed E-state index contributed by atoms with van der Waals surface area (Å²) in [5.41, 5.74) is 4.78. The number of halogens is 1. The number of carbonyl (C=O) groups excluding carboxylic acids is 2. The van der Waals surface area contributed by atoms with E-state index in [1.165, 1.54) is 20.2 Å². The monoisotopic (exact) mass is 404 g/mol. The average Bonchev–Trinajstić information content (AvgIpc) is 2.65. The van der Waals surface area contributed by atoms with Crippen LogP contribution in [0.2, 0.25) is 5.02 Å². The zero-order valence-corrected chi connectivity index (χ0v) is 16.8. The van der Waals surface area contributed by atoms with Gasteiger partial charge in [0.2, 0.25) is 0 Å². The normalized spacial score (nSPS) is 10.6. The number of rotatable bonds is 7. The highest BCUT2D eigenvalue weighted by molar-refractivity contribution is 6.32. The van der Waals surface area contributed by atoms with Crippen LogP contribution < -0.4 is 19.6 Å². The molecule has 148 valence electrons. The summed E-state index contributed by atoms with van der Waals surface area (Å²) < 4.78 is 15.7. The lowest BCUT2D eigenvalue weighted by Gasteiger charge is -2.09. The largest absolute Gasteiger partial charge is 0.493 e. The number of carbonyl (C=O) groups is 2. The number of benzene rings is 2. The Hall–Kier alpha value is -3.06. The molecule has 0 heterocycles. The minimum atomic E-state index is -0.446. The molecule has 0 unspecified atom stereocenters. The summed E-state index contributed by atoms with van der Waals surface area (Å²) in [4.78, 5) is 22.9. The van der Waals surface area contributed by atoms with Crippen LogP contribution in [-0.4, -0.2) is 31.8 Å². The summed E-state index contributed by atoms with van der Waals surface area (Å²) in [5.74, 6) is 0.382. The fourth-order valence-corrected chi connectivity index (χ4v) is 2.46. The molecule has 0 saturated carbocycles. The Morgan fingerprint density at radius 2 is 1.82 bits per heavy atom. The molecule has 0 fully saturated rings. The molecule has 0 aliphatic heterocycles. The van der Waals surface area contributed by atoms with Gasteiger partial charge in [0.1, 0.15) is 5.75 Å². The molecule has 1 amide bonds. The van der Waals surface area contributed by atoms with Crippen LogP contribution in [0.4, 0.5) is 0 Å². The van der Waals surface area contributed by atoms with Gasteiger partial charge in [0.05, 0.1) is 13.3 Å². The predicted octanol–water partition coefficient (Wildman–Crippen LogP) is 3.42. The third-order valence-electron chi connectivity index (χ3n) is 3.62. The standard InChI is InChI=1S/C20H21ClN2O5/c1-12-7-16(8-13(2)20(12)21)27-11-19(25)23-22-10-15-5-6-17(28-14(3)24)18(9-15)26-4/h5-10H,11H2,1-4H3,(H,23,25). The first-order valence-corrected chi connectivity index (χ1v) is 8.76. The predicted molar refractivity (Wildman–Crippen MR) is 106 cm³/mol. The molecule has 1 N–H and O–H groups in total. The number of amides is 1. The lowest BCUT2D eigenvalue weighted by Crippen LogP contribution is -2.24. The van der Waals surface area contributed by atoms with Crippen molar-refractivity contribution < 1.29 is 23.8 Å². The van der Waals surface area contributed by atoms with Crippen molar-refractivity contribution in [3.05, 3.63) is 52.0 Å². The molecule has 0 aromatic heterocycles. The van der Waals surface area contributed by atoms with Gasteiger partial charge in [-0.05, 0) is 60.9 Å². The smallest absolute Gasteiger partial charge is 0.308 e. The van der Waals surface area contributed by atoms with Gasteiger partial charge in [-0.3, -0.25) is 9.59 Å². The number of aryl methyl sites for hydroxylation is 2. The van der Waals surface area contributed by atoms with E-state index in [0.29, 0.717) is 27.8 Å². The number of hydrogen-bond donors (Lipinski definition) is 1. The van der Waals surface area contributed by atoms with Gasteiger partial charge in [-0.25, -0.2) is 5.43 Å². The highest BCUT2D eigenvalue weighted by Crippen LogP contribution is 2.28. The van der Waals surface area contributed by atoms with Gasteiger partial charge in [-0.15, -0.1) is 0 Å². The van der Waals surface area contributed by atoms with Crippen molar-refractivity contribution in [3.8, 4) is 17.2 Å². The van der Waals surface area contributed by atoms with Crippen LogP contribution in [0.3, 0.4) is 0 Å². The van der Waals surface area contributed by atoms with Crippen LogP contribution in [-0.2, 0) is 9.59 Å². The van der Waals surface area contributed by atoms with Crippen molar-refractivity contribution in [2.45, 2.75) is 20.8 Å². The second-order valence-electron chi connectivity index (χ2n) is 5.96. The van der Waals surface area contributed by atoms with Gasteiger partial charge in [-0.2, -0.15) is 5.10 Å². The molecule has 7 nitrogen and oxygen atoms in total. The molecule has 0 radical (unpaired) electrons. The summed E-state index contributed by atoms with van der Waals surface area (Å²) in [5, 5.41) is 4.56. The fraction of sp³-hybridized carbons (Fsp3) is 0.250. The molecule has 0 spiro atoms. The Labute approximate surface area is 168 Å². The molecule has 0 atom stereocenters. The Kier molecular flexibility index (Phi) is 7.40. The van der Waals surface area contributed by atoms with Crippen molar-refractivity contribution in [3.63, 3.8) is 0 Å². The third kappa shape index (κ3) is 5.99. The summed E-state index contributed by atoms with van der Waals surface area (Å²) in [6.45, 7) is 4.85. The van der Waals surface area contributed by atoms with Crippen LogP contribution in [0.25, 0.3) is 0 Å². The third-order valence-corrected chi connectivity index (χ3v) is 4.22. The van der Waals surface area contributed by atoms with Gasteiger partial charge in [0.25, 0.3) is 5.91 Å². The van der Waals surface area contributed by atoms with Crippen molar-refractivity contribution in [2.75, 3.05) is 13.7 Å². The number of ether oxygens (including phenoxy) is 3. The van der Waals surface area contributed by atoms with Crippen molar-refractivity contribution in [2.24, 2.45) is 5.10 Å². The van der Waals surface area contributed by atoms with Gasteiger partial charge < -0.3 is 14.2 Å². The Balaban J connectivity index is 1.91. The minimum Gasteiger partial charge on any atom is -0.493 e. The second-order valence-corrected chi connectivity index (χ2v) is 6.33. The first kappa shape index (κ1) is 21.2. The molecule has 0 aliphatic carbocycles. The van der Waals surface area contributed by atoms with Gasteiger partial charge in [0.15, 0.2) is 18.1 Å². The lowest BCUT2D eigenvalue weighted by atomic mass is 10.1. The van der Waals surface area contributed by atoms with Crippen molar-refractivity contribution >= 4 is 29.7 Å². The maximum Gasteiger partial charge on any atom is 0.308 e. The van der Waals surface area contributed by atoms with Gasteiger partial charge in [0, 0.05) is 11.9 Å². The van der Waals surface area contributed by atoms with Crippen LogP contribution in [0.5, 0.6) is 17.2 Å². The SMILES string of the molecule is COc1cc(C=NNC(=O)COc2cc(C)c(Cl)c(C)c2)ccc1OC(C)=O. The quantitative estimate of drug-likeness (QED) is 0.331. The first-order valence-electron chi connectivity index (χ1n) is 8.38. The fourth-order valence-electron chi connectivity index (χ4n) is 2.35. The number of hydrazone groups is 1. The Morgan fingerprint density at radius 1 is 1.14 bits per heavy atom. The van der Waals surface area contributed by atoms with E-state index in [0.717, 1.165) is 11.1 Å². The van der Waals surface area contributed by atoms with Gasteiger partial charge >= 0.3 is 5.97 Å². The number of esters is 1. The summed E-state index contributed by atoms with van der Waals surface area (Å²) in [7, 11) is 1.46. The maximum absolute atomic E-state index is 11.9. The van der Waals surface area contributed by atoms with Crippen LogP contribution in [0.15, 0.2) is 35.4 Å². The number of nitrogens with zero attached hydrogens (tertiary/aromatic N) is 1. The minimum absolute atomic E-state index is 0.188. The molecule has 8 heteroatoms. The maximum atomic E-state index is 11.9. The highest BCUT2D eigenvalue weighted by Gasteiger charge is 2.08. The summed E-state index contributed by atoms with van der Waals surface area (Å²) in [6.07, 6.45) is 1.44. The molecule has 2 rings (SSSR count). The van der Waals surface area contributed by atoms with E-state index in [4.69, 9.17) is 25.8 Å². The van der Waals surface area contributed by atoms with E-state index in [1.807, 2.05) is 13.8 Å².